The molecule has 2 rings (SSSR count). The number of nitrogens with two attached hydrogens (primary N) is 1. The van der Waals surface area contributed by atoms with Crippen molar-refractivity contribution >= 4 is 6.09 Å². The van der Waals surface area contributed by atoms with Gasteiger partial charge in [-0.3, -0.25) is 4.90 Å². The van der Waals surface area contributed by atoms with Crippen molar-refractivity contribution in [3.8, 4) is 0 Å². The maximum Gasteiger partial charge on any atom is 0.410 e. The van der Waals surface area contributed by atoms with Gasteiger partial charge in [-0.15, -0.1) is 0 Å². The van der Waals surface area contributed by atoms with E-state index in [1.54, 1.807) is 4.90 Å². The first-order chi connectivity index (χ1) is 7.92. The van der Waals surface area contributed by atoms with Gasteiger partial charge in [-0.1, -0.05) is 0 Å². The lowest BCUT2D eigenvalue weighted by Gasteiger charge is -2.31. The van der Waals surface area contributed by atoms with Crippen molar-refractivity contribution in [2.45, 2.75) is 57.4 Å². The van der Waals surface area contributed by atoms with Crippen LogP contribution in [0.2, 0.25) is 0 Å². The molecule has 98 valence electrons. The summed E-state index contributed by atoms with van der Waals surface area (Å²) in [4.78, 5) is 14.0. The van der Waals surface area contributed by atoms with Crippen LogP contribution >= 0.6 is 0 Å². The molecule has 0 bridgehead atoms. The van der Waals surface area contributed by atoms with Crippen LogP contribution in [0.1, 0.15) is 33.6 Å². The number of amides is 1. The fraction of sp³-hybridized carbons (Fsp3) is 0.917. The maximum atomic E-state index is 12.2. The van der Waals surface area contributed by atoms with Gasteiger partial charge in [-0.2, -0.15) is 0 Å². The zero-order valence-electron chi connectivity index (χ0n) is 10.8. The van der Waals surface area contributed by atoms with E-state index in [-0.39, 0.29) is 24.3 Å². The fourth-order valence-electron chi connectivity index (χ4n) is 2.64. The summed E-state index contributed by atoms with van der Waals surface area (Å²) in [6.45, 7) is 6.82. The second-order valence-corrected chi connectivity index (χ2v) is 5.78. The van der Waals surface area contributed by atoms with Crippen LogP contribution in [0.5, 0.6) is 0 Å². The number of hydrogen-bond acceptors (Lipinski definition) is 4. The lowest BCUT2D eigenvalue weighted by molar-refractivity contribution is 0.0143. The van der Waals surface area contributed by atoms with Crippen LogP contribution in [0.4, 0.5) is 4.79 Å². The zero-order chi connectivity index (χ0) is 12.6. The van der Waals surface area contributed by atoms with Crippen LogP contribution in [0.25, 0.3) is 0 Å². The van der Waals surface area contributed by atoms with Crippen molar-refractivity contribution < 1.29 is 14.3 Å². The van der Waals surface area contributed by atoms with Gasteiger partial charge in [-0.05, 0) is 33.6 Å². The molecule has 3 unspecified atom stereocenters. The molecule has 2 N–H and O–H groups in total. The molecule has 0 aromatic carbocycles. The van der Waals surface area contributed by atoms with Crippen molar-refractivity contribution in [3.63, 3.8) is 0 Å². The quantitative estimate of drug-likeness (QED) is 0.748. The molecule has 0 aliphatic carbocycles. The predicted octanol–water partition coefficient (Wildman–Crippen LogP) is 1.11. The first kappa shape index (κ1) is 12.6. The average molecular weight is 242 g/mol. The van der Waals surface area contributed by atoms with Crippen molar-refractivity contribution in [2.75, 3.05) is 13.2 Å². The molecule has 2 fully saturated rings. The van der Waals surface area contributed by atoms with Crippen LogP contribution < -0.4 is 5.73 Å². The Hall–Kier alpha value is -0.810. The number of rotatable bonds is 1. The molecule has 2 aliphatic heterocycles. The Bertz CT molecular complexity index is 301. The van der Waals surface area contributed by atoms with E-state index < -0.39 is 5.60 Å². The van der Waals surface area contributed by atoms with Gasteiger partial charge in [0, 0.05) is 13.2 Å². The first-order valence-electron chi connectivity index (χ1n) is 6.25. The number of carbonyl (C=O) groups is 1. The van der Waals surface area contributed by atoms with Gasteiger partial charge in [0.05, 0.1) is 18.2 Å². The highest BCUT2D eigenvalue weighted by Gasteiger charge is 2.47. The third kappa shape index (κ3) is 2.55. The van der Waals surface area contributed by atoms with E-state index in [9.17, 15) is 4.79 Å². The van der Waals surface area contributed by atoms with Gasteiger partial charge in [-0.25, -0.2) is 4.79 Å². The predicted molar refractivity (Wildman–Crippen MR) is 63.7 cm³/mol. The summed E-state index contributed by atoms with van der Waals surface area (Å²) in [5.41, 5.74) is 5.26. The van der Waals surface area contributed by atoms with Crippen molar-refractivity contribution in [1.29, 1.82) is 0 Å². The molecule has 0 saturated carbocycles. The number of nitrogens with zero attached hydrogens (tertiary/aromatic N) is 1. The van der Waals surface area contributed by atoms with Crippen molar-refractivity contribution in [3.05, 3.63) is 0 Å². The highest BCUT2D eigenvalue weighted by Crippen LogP contribution is 2.34. The molecule has 2 heterocycles. The molecule has 2 saturated heterocycles. The van der Waals surface area contributed by atoms with Crippen LogP contribution in [-0.2, 0) is 9.47 Å². The molecule has 1 amide bonds. The largest absolute Gasteiger partial charge is 0.444 e. The number of fused-ring (bicyclic) bond motifs is 1. The Kier molecular flexibility index (Phi) is 3.32. The molecule has 0 spiro atoms. The van der Waals surface area contributed by atoms with Crippen LogP contribution in [-0.4, -0.2) is 47.9 Å². The highest BCUT2D eigenvalue weighted by atomic mass is 16.6. The summed E-state index contributed by atoms with van der Waals surface area (Å²) in [5.74, 6) is 0. The summed E-state index contributed by atoms with van der Waals surface area (Å²) < 4.78 is 11.1. The van der Waals surface area contributed by atoms with E-state index in [0.29, 0.717) is 6.54 Å². The average Bonchev–Trinajstić information content (AvgIpc) is 2.71. The summed E-state index contributed by atoms with van der Waals surface area (Å²) >= 11 is 0. The lowest BCUT2D eigenvalue weighted by atomic mass is 10.1. The van der Waals surface area contributed by atoms with Crippen molar-refractivity contribution in [1.82, 2.24) is 4.90 Å². The minimum Gasteiger partial charge on any atom is -0.444 e. The fourth-order valence-corrected chi connectivity index (χ4v) is 2.64. The molecule has 0 radical (unpaired) electrons. The standard InChI is InChI=1S/C12H22N2O3/c1-12(2,3)17-11(15)14-8(7-13)6-10-9(14)4-5-16-10/h8-10H,4-7,13H2,1-3H3. The van der Waals surface area contributed by atoms with E-state index >= 15 is 0 Å². The van der Waals surface area contributed by atoms with Gasteiger partial charge < -0.3 is 15.2 Å². The van der Waals surface area contributed by atoms with E-state index in [2.05, 4.69) is 0 Å². The van der Waals surface area contributed by atoms with E-state index in [1.807, 2.05) is 20.8 Å². The monoisotopic (exact) mass is 242 g/mol. The zero-order valence-corrected chi connectivity index (χ0v) is 10.8. The third-order valence-corrected chi connectivity index (χ3v) is 3.31. The Morgan fingerprint density at radius 3 is 2.82 bits per heavy atom. The second-order valence-electron chi connectivity index (χ2n) is 5.78. The molecular weight excluding hydrogens is 220 g/mol. The van der Waals surface area contributed by atoms with E-state index in [1.165, 1.54) is 0 Å². The van der Waals surface area contributed by atoms with E-state index in [0.717, 1.165) is 19.4 Å². The second kappa shape index (κ2) is 4.46. The number of hydrogen-bond donors (Lipinski definition) is 1. The molecule has 3 atom stereocenters. The number of carbonyl (C=O) groups excluding carboxylic acids is 1. The Balaban J connectivity index is 2.08. The van der Waals surface area contributed by atoms with E-state index in [4.69, 9.17) is 15.2 Å². The molecule has 5 nitrogen and oxygen atoms in total. The normalized spacial score (nSPS) is 32.7. The summed E-state index contributed by atoms with van der Waals surface area (Å²) in [7, 11) is 0. The Morgan fingerprint density at radius 1 is 1.53 bits per heavy atom. The maximum absolute atomic E-state index is 12.2. The third-order valence-electron chi connectivity index (χ3n) is 3.31. The van der Waals surface area contributed by atoms with Gasteiger partial charge in [0.1, 0.15) is 5.60 Å². The van der Waals surface area contributed by atoms with Crippen LogP contribution in [0.3, 0.4) is 0 Å². The SMILES string of the molecule is CC(C)(C)OC(=O)N1C(CN)CC2OCCC21. The van der Waals surface area contributed by atoms with Gasteiger partial charge in [0.25, 0.3) is 0 Å². The Morgan fingerprint density at radius 2 is 2.24 bits per heavy atom. The Labute approximate surface area is 102 Å². The number of likely N-dealkylation sites (tertiary alicyclic amines) is 1. The van der Waals surface area contributed by atoms with Gasteiger partial charge in [0.2, 0.25) is 0 Å². The molecule has 5 heteroatoms. The molecular formula is C12H22N2O3. The lowest BCUT2D eigenvalue weighted by Crippen LogP contribution is -2.47. The van der Waals surface area contributed by atoms with Gasteiger partial charge in [0.15, 0.2) is 0 Å². The summed E-state index contributed by atoms with van der Waals surface area (Å²) in [5, 5.41) is 0. The number of ether oxygens (including phenoxy) is 2. The highest BCUT2D eigenvalue weighted by molar-refractivity contribution is 5.69. The summed E-state index contributed by atoms with van der Waals surface area (Å²) in [6, 6.07) is 0.207. The molecule has 17 heavy (non-hydrogen) atoms. The smallest absolute Gasteiger partial charge is 0.410 e. The molecule has 2 aliphatic rings. The van der Waals surface area contributed by atoms with Gasteiger partial charge >= 0.3 is 6.09 Å². The van der Waals surface area contributed by atoms with Crippen LogP contribution in [0.15, 0.2) is 0 Å². The molecule has 0 aromatic rings. The minimum atomic E-state index is -0.465. The first-order valence-corrected chi connectivity index (χ1v) is 6.25. The minimum absolute atomic E-state index is 0.0557. The summed E-state index contributed by atoms with van der Waals surface area (Å²) in [6.07, 6.45) is 1.61. The molecule has 0 aromatic heterocycles. The topological polar surface area (TPSA) is 64.8 Å². The van der Waals surface area contributed by atoms with Crippen LogP contribution in [0, 0.1) is 0 Å². The van der Waals surface area contributed by atoms with Crippen molar-refractivity contribution in [2.24, 2.45) is 5.73 Å².